The lowest BCUT2D eigenvalue weighted by atomic mass is 9.85. The van der Waals surface area contributed by atoms with Crippen LogP contribution in [0.1, 0.15) is 26.2 Å². The van der Waals surface area contributed by atoms with Crippen LogP contribution in [0.4, 0.5) is 0 Å². The van der Waals surface area contributed by atoms with Gasteiger partial charge in [0.25, 0.3) is 0 Å². The largest absolute Gasteiger partial charge is 0.493 e. The number of amides is 1. The number of nitrogens with zero attached hydrogens (tertiary/aromatic N) is 1. The van der Waals surface area contributed by atoms with Crippen LogP contribution in [0.5, 0.6) is 5.75 Å². The van der Waals surface area contributed by atoms with E-state index in [4.69, 9.17) is 21.4 Å². The number of nitrogens with one attached hydrogen (secondary N) is 1. The van der Waals surface area contributed by atoms with Crippen LogP contribution in [0.25, 0.3) is 0 Å². The second-order valence-electron chi connectivity index (χ2n) is 5.90. The molecule has 1 aromatic carbocycles. The van der Waals surface area contributed by atoms with E-state index >= 15 is 0 Å². The molecule has 0 aromatic heterocycles. The molecule has 1 aliphatic carbocycles. The monoisotopic (exact) mass is 354 g/mol. The molecule has 1 aromatic rings. The Morgan fingerprint density at radius 1 is 1.33 bits per heavy atom. The molecule has 0 bridgehead atoms. The third-order valence-electron chi connectivity index (χ3n) is 4.15. The maximum Gasteiger partial charge on any atom is 0.317 e. The van der Waals surface area contributed by atoms with Crippen LogP contribution in [0.2, 0.25) is 5.02 Å². The van der Waals surface area contributed by atoms with Crippen molar-refractivity contribution in [1.29, 1.82) is 0 Å². The van der Waals surface area contributed by atoms with Crippen molar-refractivity contribution in [2.24, 2.45) is 0 Å². The van der Waals surface area contributed by atoms with Gasteiger partial charge in [0.2, 0.25) is 5.91 Å². The first-order valence-electron chi connectivity index (χ1n) is 8.11. The topological polar surface area (TPSA) is 78.9 Å². The highest BCUT2D eigenvalue weighted by Gasteiger charge is 2.34. The molecule has 2 N–H and O–H groups in total. The molecule has 1 aliphatic rings. The highest BCUT2D eigenvalue weighted by Crippen LogP contribution is 2.25. The van der Waals surface area contributed by atoms with Gasteiger partial charge in [-0.05, 0) is 43.7 Å². The second-order valence-corrected chi connectivity index (χ2v) is 6.34. The highest BCUT2D eigenvalue weighted by molar-refractivity contribution is 6.30. The molecule has 0 radical (unpaired) electrons. The number of hydrogen-bond acceptors (Lipinski definition) is 4. The van der Waals surface area contributed by atoms with E-state index in [0.29, 0.717) is 23.9 Å². The number of halogens is 1. The average molecular weight is 355 g/mol. The van der Waals surface area contributed by atoms with Gasteiger partial charge in [-0.1, -0.05) is 18.5 Å². The van der Waals surface area contributed by atoms with Crippen molar-refractivity contribution >= 4 is 23.5 Å². The molecule has 0 heterocycles. The smallest absolute Gasteiger partial charge is 0.317 e. The molecular formula is C17H23ClN2O4. The van der Waals surface area contributed by atoms with E-state index in [1.165, 1.54) is 0 Å². The predicted octanol–water partition coefficient (Wildman–Crippen LogP) is 2.16. The van der Waals surface area contributed by atoms with Gasteiger partial charge in [0, 0.05) is 17.1 Å². The van der Waals surface area contributed by atoms with E-state index in [2.05, 4.69) is 5.32 Å². The summed E-state index contributed by atoms with van der Waals surface area (Å²) in [6, 6.07) is 7.36. The van der Waals surface area contributed by atoms with E-state index in [1.54, 1.807) is 24.3 Å². The highest BCUT2D eigenvalue weighted by atomic mass is 35.5. The normalized spacial score (nSPS) is 19.6. The van der Waals surface area contributed by atoms with Gasteiger partial charge in [0.15, 0.2) is 0 Å². The number of benzene rings is 1. The summed E-state index contributed by atoms with van der Waals surface area (Å²) in [7, 11) is 0. The van der Waals surface area contributed by atoms with Crippen LogP contribution in [-0.4, -0.2) is 53.7 Å². The molecule has 24 heavy (non-hydrogen) atoms. The molecule has 2 rings (SSSR count). The van der Waals surface area contributed by atoms with Crippen LogP contribution >= 0.6 is 11.6 Å². The Balaban J connectivity index is 1.62. The van der Waals surface area contributed by atoms with Crippen molar-refractivity contribution in [3.63, 3.8) is 0 Å². The number of carbonyl (C=O) groups is 2. The maximum absolute atomic E-state index is 11.9. The second kappa shape index (κ2) is 8.89. The number of carbonyl (C=O) groups excluding carboxylic acids is 1. The molecule has 0 aliphatic heterocycles. The first-order chi connectivity index (χ1) is 11.5. The molecule has 0 spiro atoms. The summed E-state index contributed by atoms with van der Waals surface area (Å²) in [6.45, 7) is 3.01. The number of likely N-dealkylation sites (N-methyl/N-ethyl adjacent to an activating group) is 1. The SMILES string of the molecule is CCN(CC(=O)O)C1CC(NC(=O)CCOc2ccc(Cl)cc2)C1. The lowest BCUT2D eigenvalue weighted by Gasteiger charge is -2.42. The third-order valence-corrected chi connectivity index (χ3v) is 4.40. The van der Waals surface area contributed by atoms with Crippen molar-refractivity contribution in [2.75, 3.05) is 19.7 Å². The Morgan fingerprint density at radius 2 is 2.00 bits per heavy atom. The number of aliphatic carboxylic acids is 1. The van der Waals surface area contributed by atoms with Gasteiger partial charge in [0.1, 0.15) is 5.75 Å². The van der Waals surface area contributed by atoms with Crippen LogP contribution in [0.3, 0.4) is 0 Å². The zero-order valence-corrected chi connectivity index (χ0v) is 14.5. The van der Waals surface area contributed by atoms with Crippen molar-refractivity contribution in [3.8, 4) is 5.75 Å². The zero-order valence-electron chi connectivity index (χ0n) is 13.7. The molecule has 1 amide bonds. The van der Waals surface area contributed by atoms with Crippen LogP contribution < -0.4 is 10.1 Å². The van der Waals surface area contributed by atoms with Gasteiger partial charge in [-0.2, -0.15) is 0 Å². The fraction of sp³-hybridized carbons (Fsp3) is 0.529. The summed E-state index contributed by atoms with van der Waals surface area (Å²) in [5, 5.41) is 12.5. The first kappa shape index (κ1) is 18.5. The molecule has 7 heteroatoms. The maximum atomic E-state index is 11.9. The van der Waals surface area contributed by atoms with Crippen molar-refractivity contribution in [1.82, 2.24) is 10.2 Å². The molecule has 1 fully saturated rings. The Labute approximate surface area is 146 Å². The average Bonchev–Trinajstić information content (AvgIpc) is 2.50. The van der Waals surface area contributed by atoms with Gasteiger partial charge in [-0.3, -0.25) is 14.5 Å². The summed E-state index contributed by atoms with van der Waals surface area (Å²) in [5.41, 5.74) is 0. The molecule has 0 saturated heterocycles. The standard InChI is InChI=1S/C17H23ClN2O4/c1-2-20(11-17(22)23)14-9-13(10-14)19-16(21)7-8-24-15-5-3-12(18)4-6-15/h3-6,13-14H,2,7-11H2,1H3,(H,19,21)(H,22,23). The fourth-order valence-electron chi connectivity index (χ4n) is 2.77. The van der Waals surface area contributed by atoms with Crippen molar-refractivity contribution < 1.29 is 19.4 Å². The quantitative estimate of drug-likeness (QED) is 0.710. The van der Waals surface area contributed by atoms with Crippen molar-refractivity contribution in [2.45, 2.75) is 38.3 Å². The number of carboxylic acids is 1. The third kappa shape index (κ3) is 5.69. The molecule has 132 valence electrons. The molecular weight excluding hydrogens is 332 g/mol. The summed E-state index contributed by atoms with van der Waals surface area (Å²) < 4.78 is 5.49. The fourth-order valence-corrected chi connectivity index (χ4v) is 2.89. The van der Waals surface area contributed by atoms with Gasteiger partial charge in [0.05, 0.1) is 19.6 Å². The molecule has 6 nitrogen and oxygen atoms in total. The Morgan fingerprint density at radius 3 is 2.58 bits per heavy atom. The van der Waals surface area contributed by atoms with Gasteiger partial charge in [-0.15, -0.1) is 0 Å². The first-order valence-corrected chi connectivity index (χ1v) is 8.49. The van der Waals surface area contributed by atoms with Crippen LogP contribution in [-0.2, 0) is 9.59 Å². The molecule has 0 atom stereocenters. The van der Waals surface area contributed by atoms with E-state index < -0.39 is 5.97 Å². The van der Waals surface area contributed by atoms with Crippen LogP contribution in [0, 0.1) is 0 Å². The van der Waals surface area contributed by atoms with E-state index in [0.717, 1.165) is 12.8 Å². The summed E-state index contributed by atoms with van der Waals surface area (Å²) in [6.07, 6.45) is 1.88. The van der Waals surface area contributed by atoms with E-state index in [-0.39, 0.29) is 31.0 Å². The summed E-state index contributed by atoms with van der Waals surface area (Å²) >= 11 is 5.79. The van der Waals surface area contributed by atoms with Crippen molar-refractivity contribution in [3.05, 3.63) is 29.3 Å². The minimum atomic E-state index is -0.816. The number of rotatable bonds is 9. The number of carboxylic acid groups (broad SMARTS) is 1. The lowest BCUT2D eigenvalue weighted by Crippen LogP contribution is -2.54. The van der Waals surface area contributed by atoms with E-state index in [1.807, 2.05) is 11.8 Å². The summed E-state index contributed by atoms with van der Waals surface area (Å²) in [4.78, 5) is 24.6. The van der Waals surface area contributed by atoms with Crippen LogP contribution in [0.15, 0.2) is 24.3 Å². The minimum absolute atomic E-state index is 0.0475. The lowest BCUT2D eigenvalue weighted by molar-refractivity contribution is -0.139. The summed E-state index contributed by atoms with van der Waals surface area (Å²) in [5.74, 6) is -0.180. The Bertz CT molecular complexity index is 558. The van der Waals surface area contributed by atoms with E-state index in [9.17, 15) is 9.59 Å². The minimum Gasteiger partial charge on any atom is -0.493 e. The van der Waals surface area contributed by atoms with Gasteiger partial charge >= 0.3 is 5.97 Å². The zero-order chi connectivity index (χ0) is 17.5. The molecule has 0 unspecified atom stereocenters. The Kier molecular flexibility index (Phi) is 6.87. The Hall–Kier alpha value is -1.79. The number of hydrogen-bond donors (Lipinski definition) is 2. The number of ether oxygens (including phenoxy) is 1. The molecule has 1 saturated carbocycles. The predicted molar refractivity (Wildman–Crippen MR) is 91.4 cm³/mol. The van der Waals surface area contributed by atoms with Gasteiger partial charge in [-0.25, -0.2) is 0 Å². The van der Waals surface area contributed by atoms with Gasteiger partial charge < -0.3 is 15.2 Å².